The number of esters is 1. The number of halogens is 1. The molecule has 4 nitrogen and oxygen atoms in total. The molecule has 0 N–H and O–H groups in total. The van der Waals surface area contributed by atoms with Crippen LogP contribution in [0.1, 0.15) is 16.2 Å². The van der Waals surface area contributed by atoms with Crippen molar-refractivity contribution < 1.29 is 9.53 Å². The molecule has 12 heavy (non-hydrogen) atoms. The highest BCUT2D eigenvalue weighted by molar-refractivity contribution is 14.1. The predicted molar refractivity (Wildman–Crippen MR) is 52.0 cm³/mol. The van der Waals surface area contributed by atoms with Gasteiger partial charge in [0.1, 0.15) is 0 Å². The van der Waals surface area contributed by atoms with Crippen LogP contribution in [0.15, 0.2) is 0 Å². The van der Waals surface area contributed by atoms with Crippen LogP contribution in [0.2, 0.25) is 0 Å². The van der Waals surface area contributed by atoms with Gasteiger partial charge in [-0.1, -0.05) is 0 Å². The average Bonchev–Trinajstić information content (AvgIpc) is 2.26. The first kappa shape index (κ1) is 9.50. The first-order valence-corrected chi connectivity index (χ1v) is 4.43. The van der Waals surface area contributed by atoms with Crippen molar-refractivity contribution in [2.45, 2.75) is 6.92 Å². The third-order valence-electron chi connectivity index (χ3n) is 1.53. The maximum atomic E-state index is 11.2. The predicted octanol–water partition coefficient (Wildman–Crippen LogP) is 1.12. The van der Waals surface area contributed by atoms with Crippen molar-refractivity contribution in [1.29, 1.82) is 0 Å². The minimum Gasteiger partial charge on any atom is -0.464 e. The van der Waals surface area contributed by atoms with Crippen molar-refractivity contribution in [2.24, 2.45) is 7.05 Å². The molecule has 0 fully saturated rings. The van der Waals surface area contributed by atoms with Crippen LogP contribution in [0.4, 0.5) is 0 Å². The van der Waals surface area contributed by atoms with Gasteiger partial charge in [0.05, 0.1) is 16.4 Å². The van der Waals surface area contributed by atoms with E-state index in [1.807, 2.05) is 6.92 Å². The van der Waals surface area contributed by atoms with Gasteiger partial charge in [-0.05, 0) is 29.5 Å². The summed E-state index contributed by atoms with van der Waals surface area (Å²) in [6.45, 7) is 1.86. The van der Waals surface area contributed by atoms with Crippen molar-refractivity contribution in [2.75, 3.05) is 7.11 Å². The Morgan fingerprint density at radius 2 is 2.25 bits per heavy atom. The van der Waals surface area contributed by atoms with Crippen molar-refractivity contribution in [1.82, 2.24) is 9.78 Å². The molecule has 1 rings (SSSR count). The molecule has 66 valence electrons. The zero-order chi connectivity index (χ0) is 9.30. The number of carbonyl (C=O) groups excluding carboxylic acids is 1. The maximum Gasteiger partial charge on any atom is 0.357 e. The molecule has 0 saturated carbocycles. The third kappa shape index (κ3) is 1.45. The summed E-state index contributed by atoms with van der Waals surface area (Å²) in [5, 5.41) is 4.09. The van der Waals surface area contributed by atoms with Crippen LogP contribution in [-0.4, -0.2) is 22.9 Å². The van der Waals surface area contributed by atoms with Gasteiger partial charge in [0.2, 0.25) is 0 Å². The van der Waals surface area contributed by atoms with E-state index in [2.05, 4.69) is 32.4 Å². The Balaban J connectivity index is 3.22. The van der Waals surface area contributed by atoms with E-state index in [0.717, 1.165) is 9.26 Å². The van der Waals surface area contributed by atoms with Crippen molar-refractivity contribution >= 4 is 28.6 Å². The molecule has 0 aromatic carbocycles. The monoisotopic (exact) mass is 280 g/mol. The second-order valence-electron chi connectivity index (χ2n) is 2.36. The molecule has 5 heteroatoms. The lowest BCUT2D eigenvalue weighted by Crippen LogP contribution is -2.09. The van der Waals surface area contributed by atoms with E-state index in [1.165, 1.54) is 11.8 Å². The highest BCUT2D eigenvalue weighted by Gasteiger charge is 2.17. The number of ether oxygens (including phenoxy) is 1. The number of aryl methyl sites for hydroxylation is 2. The molecule has 0 spiro atoms. The van der Waals surface area contributed by atoms with Crippen LogP contribution >= 0.6 is 22.6 Å². The summed E-state index contributed by atoms with van der Waals surface area (Å²) in [4.78, 5) is 11.2. The molecule has 1 heterocycles. The summed E-state index contributed by atoms with van der Waals surface area (Å²) < 4.78 is 6.99. The van der Waals surface area contributed by atoms with Gasteiger partial charge in [-0.3, -0.25) is 4.68 Å². The Labute approximate surface area is 84.0 Å². The summed E-state index contributed by atoms with van der Waals surface area (Å²) >= 11 is 2.08. The topological polar surface area (TPSA) is 44.1 Å². The zero-order valence-electron chi connectivity index (χ0n) is 7.09. The molecule has 1 aromatic heterocycles. The number of hydrogen-bond donors (Lipinski definition) is 0. The van der Waals surface area contributed by atoms with Crippen LogP contribution in [0.5, 0.6) is 0 Å². The summed E-state index contributed by atoms with van der Waals surface area (Å²) in [7, 11) is 3.09. The van der Waals surface area contributed by atoms with Gasteiger partial charge in [-0.2, -0.15) is 5.10 Å². The first-order valence-electron chi connectivity index (χ1n) is 3.35. The fourth-order valence-electron chi connectivity index (χ4n) is 0.951. The van der Waals surface area contributed by atoms with Crippen molar-refractivity contribution in [3.8, 4) is 0 Å². The number of methoxy groups -OCH3 is 1. The van der Waals surface area contributed by atoms with E-state index in [0.29, 0.717) is 5.69 Å². The molecule has 0 aliphatic carbocycles. The third-order valence-corrected chi connectivity index (χ3v) is 2.82. The number of nitrogens with zero attached hydrogens (tertiary/aromatic N) is 2. The fraction of sp³-hybridized carbons (Fsp3) is 0.429. The van der Waals surface area contributed by atoms with Crippen LogP contribution in [0, 0.1) is 10.5 Å². The number of hydrogen-bond acceptors (Lipinski definition) is 3. The van der Waals surface area contributed by atoms with Gasteiger partial charge >= 0.3 is 5.97 Å². The molecule has 0 radical (unpaired) electrons. The minimum absolute atomic E-state index is 0.345. The Kier molecular flexibility index (Phi) is 2.71. The lowest BCUT2D eigenvalue weighted by molar-refractivity contribution is 0.0587. The van der Waals surface area contributed by atoms with Crippen LogP contribution < -0.4 is 0 Å². The molecule has 0 unspecified atom stereocenters. The van der Waals surface area contributed by atoms with E-state index in [1.54, 1.807) is 7.05 Å². The second-order valence-corrected chi connectivity index (χ2v) is 3.44. The Hall–Kier alpha value is -0.590. The summed E-state index contributed by atoms with van der Waals surface area (Å²) in [5.74, 6) is -0.345. The van der Waals surface area contributed by atoms with E-state index >= 15 is 0 Å². The number of aromatic nitrogens is 2. The molecular formula is C7H9IN2O2. The molecule has 0 aliphatic rings. The molecule has 0 aliphatic heterocycles. The average molecular weight is 280 g/mol. The van der Waals surface area contributed by atoms with E-state index in [-0.39, 0.29) is 5.97 Å². The largest absolute Gasteiger partial charge is 0.464 e. The summed E-state index contributed by atoms with van der Waals surface area (Å²) in [5.41, 5.74) is 1.36. The molecule has 0 bridgehead atoms. The highest BCUT2D eigenvalue weighted by Crippen LogP contribution is 2.15. The normalized spacial score (nSPS) is 10.0. The maximum absolute atomic E-state index is 11.2. The Morgan fingerprint density at radius 1 is 1.67 bits per heavy atom. The van der Waals surface area contributed by atoms with Crippen LogP contribution in [-0.2, 0) is 11.8 Å². The van der Waals surface area contributed by atoms with Crippen molar-refractivity contribution in [3.05, 3.63) is 15.0 Å². The number of carbonyl (C=O) groups is 1. The van der Waals surface area contributed by atoms with Crippen molar-refractivity contribution in [3.63, 3.8) is 0 Å². The molecular weight excluding hydrogens is 271 g/mol. The SMILES string of the molecule is COC(=O)c1c(I)c(C)nn1C. The van der Waals surface area contributed by atoms with Gasteiger partial charge in [0, 0.05) is 7.05 Å². The van der Waals surface area contributed by atoms with E-state index in [9.17, 15) is 4.79 Å². The van der Waals surface area contributed by atoms with Gasteiger partial charge in [0.25, 0.3) is 0 Å². The number of rotatable bonds is 1. The minimum atomic E-state index is -0.345. The highest BCUT2D eigenvalue weighted by atomic mass is 127. The van der Waals surface area contributed by atoms with Gasteiger partial charge in [-0.25, -0.2) is 4.79 Å². The van der Waals surface area contributed by atoms with Crippen LogP contribution in [0.3, 0.4) is 0 Å². The van der Waals surface area contributed by atoms with E-state index in [4.69, 9.17) is 0 Å². The summed E-state index contributed by atoms with van der Waals surface area (Å²) in [6.07, 6.45) is 0. The van der Waals surface area contributed by atoms with Crippen LogP contribution in [0.25, 0.3) is 0 Å². The van der Waals surface area contributed by atoms with Gasteiger partial charge in [-0.15, -0.1) is 0 Å². The smallest absolute Gasteiger partial charge is 0.357 e. The molecule has 0 saturated heterocycles. The molecule has 0 atom stereocenters. The molecule has 0 amide bonds. The van der Waals surface area contributed by atoms with Gasteiger partial charge in [0.15, 0.2) is 5.69 Å². The summed E-state index contributed by atoms with van der Waals surface area (Å²) in [6, 6.07) is 0. The quantitative estimate of drug-likeness (QED) is 0.572. The Bertz CT molecular complexity index is 319. The molecule has 1 aromatic rings. The lowest BCUT2D eigenvalue weighted by Gasteiger charge is -1.98. The van der Waals surface area contributed by atoms with Gasteiger partial charge < -0.3 is 4.74 Å². The first-order chi connectivity index (χ1) is 5.57. The standard InChI is InChI=1S/C7H9IN2O2/c1-4-5(8)6(7(11)12-3)10(2)9-4/h1-3H3. The van der Waals surface area contributed by atoms with E-state index < -0.39 is 0 Å². The second kappa shape index (κ2) is 3.42. The fourth-order valence-corrected chi connectivity index (χ4v) is 1.63. The zero-order valence-corrected chi connectivity index (χ0v) is 9.25. The Morgan fingerprint density at radius 3 is 2.58 bits per heavy atom. The lowest BCUT2D eigenvalue weighted by atomic mass is 10.4.